The smallest absolute Gasteiger partial charge is 0.363 e. The molecule has 1 N–H and O–H groups in total. The van der Waals surface area contributed by atoms with Crippen LogP contribution in [0.5, 0.6) is 0 Å². The molecule has 0 aliphatic heterocycles. The highest BCUT2D eigenvalue weighted by molar-refractivity contribution is 6.30. The first kappa shape index (κ1) is 13.0. The van der Waals surface area contributed by atoms with E-state index >= 15 is 0 Å². The molecule has 0 radical (unpaired) electrons. The number of benzene rings is 1. The van der Waals surface area contributed by atoms with E-state index in [0.29, 0.717) is 5.02 Å². The number of aromatic carboxylic acids is 1. The Labute approximate surface area is 112 Å². The van der Waals surface area contributed by atoms with Gasteiger partial charge in [0, 0.05) is 5.02 Å². The predicted molar refractivity (Wildman–Crippen MR) is 66.4 cm³/mol. The zero-order valence-electron chi connectivity index (χ0n) is 9.49. The van der Waals surface area contributed by atoms with E-state index in [2.05, 4.69) is 5.10 Å². The second kappa shape index (κ2) is 5.07. The molecule has 0 spiro atoms. The molecule has 8 heteroatoms. The summed E-state index contributed by atoms with van der Waals surface area (Å²) in [6.07, 6.45) is 1.09. The predicted octanol–water partition coefficient (Wildman–Crippen LogP) is 2.19. The number of aromatic nitrogens is 2. The van der Waals surface area contributed by atoms with Gasteiger partial charge in [0.15, 0.2) is 0 Å². The maximum atomic E-state index is 10.8. The summed E-state index contributed by atoms with van der Waals surface area (Å²) >= 11 is 5.82. The molecule has 7 nitrogen and oxygen atoms in total. The number of carbonyl (C=O) groups is 1. The molecule has 0 amide bonds. The van der Waals surface area contributed by atoms with Crippen LogP contribution in [0.15, 0.2) is 30.5 Å². The van der Waals surface area contributed by atoms with Gasteiger partial charge in [0.1, 0.15) is 6.20 Å². The van der Waals surface area contributed by atoms with Crippen molar-refractivity contribution >= 4 is 23.3 Å². The van der Waals surface area contributed by atoms with E-state index in [9.17, 15) is 14.9 Å². The van der Waals surface area contributed by atoms with Gasteiger partial charge in [0.05, 0.1) is 11.5 Å². The summed E-state index contributed by atoms with van der Waals surface area (Å²) in [6.45, 7) is 0.203. The Bertz CT molecular complexity index is 622. The van der Waals surface area contributed by atoms with Crippen LogP contribution in [0, 0.1) is 10.1 Å². The lowest BCUT2D eigenvalue weighted by Crippen LogP contribution is -2.04. The SMILES string of the molecule is O=C(O)c1nn(Cc2cccc(Cl)c2)cc1[N+](=O)[O-]. The highest BCUT2D eigenvalue weighted by atomic mass is 35.5. The Morgan fingerprint density at radius 2 is 2.26 bits per heavy atom. The van der Waals surface area contributed by atoms with Crippen LogP contribution in [-0.2, 0) is 6.54 Å². The molecule has 1 aromatic carbocycles. The lowest BCUT2D eigenvalue weighted by atomic mass is 10.2. The van der Waals surface area contributed by atoms with Crippen molar-refractivity contribution < 1.29 is 14.8 Å². The van der Waals surface area contributed by atoms with Crippen molar-refractivity contribution in [2.24, 2.45) is 0 Å². The molecule has 0 unspecified atom stereocenters. The summed E-state index contributed by atoms with van der Waals surface area (Å²) in [5, 5.41) is 23.8. The summed E-state index contributed by atoms with van der Waals surface area (Å²) in [7, 11) is 0. The molecule has 1 aromatic heterocycles. The van der Waals surface area contributed by atoms with Gasteiger partial charge >= 0.3 is 11.7 Å². The number of halogens is 1. The van der Waals surface area contributed by atoms with Crippen LogP contribution in [0.2, 0.25) is 5.02 Å². The van der Waals surface area contributed by atoms with E-state index in [4.69, 9.17) is 16.7 Å². The van der Waals surface area contributed by atoms with Crippen molar-refractivity contribution in [2.45, 2.75) is 6.54 Å². The molecule has 0 aliphatic rings. The van der Waals surface area contributed by atoms with E-state index in [1.807, 2.05) is 0 Å². The van der Waals surface area contributed by atoms with Crippen molar-refractivity contribution in [3.8, 4) is 0 Å². The highest BCUT2D eigenvalue weighted by Gasteiger charge is 2.25. The number of nitro groups is 1. The third kappa shape index (κ3) is 2.89. The first-order chi connectivity index (χ1) is 8.97. The van der Waals surface area contributed by atoms with Crippen molar-refractivity contribution in [1.29, 1.82) is 0 Å². The van der Waals surface area contributed by atoms with Gasteiger partial charge in [-0.1, -0.05) is 23.7 Å². The van der Waals surface area contributed by atoms with Gasteiger partial charge in [0.25, 0.3) is 0 Å². The Hall–Kier alpha value is -2.41. The van der Waals surface area contributed by atoms with Crippen LogP contribution < -0.4 is 0 Å². The minimum Gasteiger partial charge on any atom is -0.476 e. The molecule has 0 aliphatic carbocycles. The maximum absolute atomic E-state index is 10.8. The van der Waals surface area contributed by atoms with Crippen LogP contribution in [0.1, 0.15) is 16.1 Å². The maximum Gasteiger partial charge on any atom is 0.363 e. The molecule has 98 valence electrons. The number of carboxylic acids is 1. The number of nitrogens with zero attached hydrogens (tertiary/aromatic N) is 3. The van der Waals surface area contributed by atoms with Crippen LogP contribution in [0.25, 0.3) is 0 Å². The molecule has 1 heterocycles. The number of carboxylic acid groups (broad SMARTS) is 1. The third-order valence-electron chi connectivity index (χ3n) is 2.38. The molecule has 0 saturated heterocycles. The topological polar surface area (TPSA) is 98.3 Å². The Balaban J connectivity index is 2.34. The molecule has 0 saturated carbocycles. The van der Waals surface area contributed by atoms with Crippen LogP contribution in [0.4, 0.5) is 5.69 Å². The summed E-state index contributed by atoms with van der Waals surface area (Å²) in [5.74, 6) is -1.43. The zero-order valence-corrected chi connectivity index (χ0v) is 10.2. The zero-order chi connectivity index (χ0) is 14.0. The van der Waals surface area contributed by atoms with E-state index in [1.54, 1.807) is 24.3 Å². The van der Waals surface area contributed by atoms with Gasteiger partial charge in [-0.3, -0.25) is 14.8 Å². The first-order valence-electron chi connectivity index (χ1n) is 5.17. The summed E-state index contributed by atoms with van der Waals surface area (Å²) in [5.41, 5.74) is -0.344. The first-order valence-corrected chi connectivity index (χ1v) is 5.55. The van der Waals surface area contributed by atoms with E-state index in [0.717, 1.165) is 11.8 Å². The Morgan fingerprint density at radius 1 is 1.53 bits per heavy atom. The summed E-state index contributed by atoms with van der Waals surface area (Å²) in [6, 6.07) is 6.86. The van der Waals surface area contributed by atoms with Crippen LogP contribution in [0.3, 0.4) is 0 Å². The van der Waals surface area contributed by atoms with Crippen molar-refractivity contribution in [2.75, 3.05) is 0 Å². The normalized spacial score (nSPS) is 10.4. The molecule has 0 atom stereocenters. The fraction of sp³-hybridized carbons (Fsp3) is 0.0909. The average molecular weight is 282 g/mol. The molecule has 0 bridgehead atoms. The number of hydrogen-bond acceptors (Lipinski definition) is 4. The van der Waals surface area contributed by atoms with Crippen molar-refractivity contribution in [3.05, 3.63) is 56.9 Å². The second-order valence-electron chi connectivity index (χ2n) is 3.75. The lowest BCUT2D eigenvalue weighted by Gasteiger charge is -2.01. The summed E-state index contributed by atoms with van der Waals surface area (Å²) in [4.78, 5) is 20.8. The fourth-order valence-electron chi connectivity index (χ4n) is 1.60. The lowest BCUT2D eigenvalue weighted by molar-refractivity contribution is -0.385. The van der Waals surface area contributed by atoms with Gasteiger partial charge in [-0.15, -0.1) is 0 Å². The van der Waals surface area contributed by atoms with Gasteiger partial charge in [-0.05, 0) is 17.7 Å². The standard InChI is InChI=1S/C11H8ClN3O4/c12-8-3-1-2-7(4-8)5-14-6-9(15(18)19)10(13-14)11(16)17/h1-4,6H,5H2,(H,16,17). The van der Waals surface area contributed by atoms with E-state index < -0.39 is 22.3 Å². The largest absolute Gasteiger partial charge is 0.476 e. The quantitative estimate of drug-likeness (QED) is 0.684. The Kier molecular flexibility index (Phi) is 3.48. The van der Waals surface area contributed by atoms with Crippen LogP contribution in [-0.4, -0.2) is 25.8 Å². The molecular weight excluding hydrogens is 274 g/mol. The van der Waals surface area contributed by atoms with Crippen molar-refractivity contribution in [1.82, 2.24) is 9.78 Å². The number of rotatable bonds is 4. The third-order valence-corrected chi connectivity index (χ3v) is 2.61. The second-order valence-corrected chi connectivity index (χ2v) is 4.19. The van der Waals surface area contributed by atoms with Gasteiger partial charge < -0.3 is 5.11 Å². The molecule has 2 aromatic rings. The Morgan fingerprint density at radius 3 is 2.79 bits per heavy atom. The minimum atomic E-state index is -1.43. The molecular formula is C11H8ClN3O4. The average Bonchev–Trinajstić information content (AvgIpc) is 2.73. The van der Waals surface area contributed by atoms with E-state index in [-0.39, 0.29) is 6.54 Å². The molecule has 2 rings (SSSR count). The van der Waals surface area contributed by atoms with Gasteiger partial charge in [-0.25, -0.2) is 4.79 Å². The highest BCUT2D eigenvalue weighted by Crippen LogP contribution is 2.18. The van der Waals surface area contributed by atoms with Crippen LogP contribution >= 0.6 is 11.6 Å². The monoisotopic (exact) mass is 281 g/mol. The summed E-state index contributed by atoms with van der Waals surface area (Å²) < 4.78 is 1.20. The number of hydrogen-bond donors (Lipinski definition) is 1. The van der Waals surface area contributed by atoms with Crippen molar-refractivity contribution in [3.63, 3.8) is 0 Å². The fourth-order valence-corrected chi connectivity index (χ4v) is 1.81. The van der Waals surface area contributed by atoms with Gasteiger partial charge in [0.2, 0.25) is 5.69 Å². The molecule has 19 heavy (non-hydrogen) atoms. The van der Waals surface area contributed by atoms with Gasteiger partial charge in [-0.2, -0.15) is 5.10 Å². The van der Waals surface area contributed by atoms with E-state index in [1.165, 1.54) is 4.68 Å². The minimum absolute atomic E-state index is 0.203. The molecule has 0 fully saturated rings.